The molecule has 1 amide bonds. The zero-order valence-electron chi connectivity index (χ0n) is 12.1. The number of rotatable bonds is 5. The lowest BCUT2D eigenvalue weighted by molar-refractivity contribution is -0.384. The van der Waals surface area contributed by atoms with Crippen molar-refractivity contribution in [2.24, 2.45) is 11.7 Å². The summed E-state index contributed by atoms with van der Waals surface area (Å²) in [5.74, 6) is -1.17. The Hall–Kier alpha value is -2.64. The Morgan fingerprint density at radius 1 is 1.41 bits per heavy atom. The number of carbonyl (C=O) groups excluding carboxylic acids is 2. The van der Waals surface area contributed by atoms with Crippen molar-refractivity contribution in [3.05, 3.63) is 33.9 Å². The first-order valence-corrected chi connectivity index (χ1v) is 6.85. The van der Waals surface area contributed by atoms with Crippen LogP contribution < -0.4 is 11.1 Å². The van der Waals surface area contributed by atoms with E-state index in [9.17, 15) is 19.7 Å². The van der Waals surface area contributed by atoms with Gasteiger partial charge < -0.3 is 15.8 Å². The Morgan fingerprint density at radius 3 is 2.73 bits per heavy atom. The maximum absolute atomic E-state index is 11.5. The molecule has 1 saturated carbocycles. The van der Waals surface area contributed by atoms with E-state index < -0.39 is 10.8 Å². The molecule has 118 valence electrons. The average molecular weight is 307 g/mol. The lowest BCUT2D eigenvalue weighted by Gasteiger charge is -2.14. The lowest BCUT2D eigenvalue weighted by atomic mass is 10.1. The van der Waals surface area contributed by atoms with Gasteiger partial charge in [0, 0.05) is 17.7 Å². The number of esters is 1. The van der Waals surface area contributed by atoms with Crippen LogP contribution in [-0.2, 0) is 9.53 Å². The molecule has 0 spiro atoms. The monoisotopic (exact) mass is 307 g/mol. The smallest absolute Gasteiger partial charge is 0.308 e. The SMILES string of the molecule is COC(=O)[C@H]1CC[C@@H](Nc2ccc(C(N)=O)cc2[N+](=O)[O-])C1. The van der Waals surface area contributed by atoms with Crippen molar-refractivity contribution in [2.75, 3.05) is 12.4 Å². The zero-order valence-corrected chi connectivity index (χ0v) is 12.1. The third-order valence-corrected chi connectivity index (χ3v) is 3.81. The fraction of sp³-hybridized carbons (Fsp3) is 0.429. The number of primary amides is 1. The van der Waals surface area contributed by atoms with E-state index >= 15 is 0 Å². The van der Waals surface area contributed by atoms with Crippen molar-refractivity contribution >= 4 is 23.3 Å². The van der Waals surface area contributed by atoms with E-state index in [1.807, 2.05) is 0 Å². The number of nitrogens with zero attached hydrogens (tertiary/aromatic N) is 1. The molecule has 2 atom stereocenters. The van der Waals surface area contributed by atoms with Gasteiger partial charge in [0.1, 0.15) is 5.69 Å². The van der Waals surface area contributed by atoms with E-state index in [2.05, 4.69) is 5.32 Å². The van der Waals surface area contributed by atoms with E-state index in [1.54, 1.807) is 0 Å². The predicted molar refractivity (Wildman–Crippen MR) is 78.4 cm³/mol. The van der Waals surface area contributed by atoms with Gasteiger partial charge in [-0.25, -0.2) is 0 Å². The molecular formula is C14H17N3O5. The number of methoxy groups -OCH3 is 1. The minimum absolute atomic E-state index is 0.0535. The number of nitro benzene ring substituents is 1. The number of hydrogen-bond acceptors (Lipinski definition) is 6. The summed E-state index contributed by atoms with van der Waals surface area (Å²) in [5, 5.41) is 14.2. The number of nitrogens with two attached hydrogens (primary N) is 1. The normalized spacial score (nSPS) is 20.4. The predicted octanol–water partition coefficient (Wildman–Crippen LogP) is 1.45. The fourth-order valence-electron chi connectivity index (χ4n) is 2.67. The summed E-state index contributed by atoms with van der Waals surface area (Å²) >= 11 is 0. The first-order valence-electron chi connectivity index (χ1n) is 6.85. The second-order valence-electron chi connectivity index (χ2n) is 5.23. The highest BCUT2D eigenvalue weighted by molar-refractivity contribution is 5.94. The number of hydrogen-bond donors (Lipinski definition) is 2. The number of anilines is 1. The van der Waals surface area contributed by atoms with Crippen LogP contribution in [0.15, 0.2) is 18.2 Å². The van der Waals surface area contributed by atoms with Crippen molar-refractivity contribution < 1.29 is 19.2 Å². The Morgan fingerprint density at radius 2 is 2.14 bits per heavy atom. The summed E-state index contributed by atoms with van der Waals surface area (Å²) in [6.45, 7) is 0. The van der Waals surface area contributed by atoms with Gasteiger partial charge in [-0.1, -0.05) is 0 Å². The standard InChI is InChI=1S/C14H17N3O5/c1-22-14(19)9-2-4-10(6-9)16-11-5-3-8(13(15)18)7-12(11)17(20)21/h3,5,7,9-10,16H,2,4,6H2,1H3,(H2,15,18)/t9-,10+/m0/s1. The van der Waals surface area contributed by atoms with Gasteiger partial charge in [0.2, 0.25) is 5.91 Å². The maximum Gasteiger partial charge on any atom is 0.308 e. The minimum atomic E-state index is -0.721. The van der Waals surface area contributed by atoms with Crippen molar-refractivity contribution in [1.82, 2.24) is 0 Å². The molecule has 8 heteroatoms. The van der Waals surface area contributed by atoms with Crippen LogP contribution in [0.5, 0.6) is 0 Å². The number of benzene rings is 1. The summed E-state index contributed by atoms with van der Waals surface area (Å²) in [6.07, 6.45) is 1.95. The first kappa shape index (κ1) is 15.7. The topological polar surface area (TPSA) is 125 Å². The zero-order chi connectivity index (χ0) is 16.3. The third-order valence-electron chi connectivity index (χ3n) is 3.81. The van der Waals surface area contributed by atoms with Crippen LogP contribution in [0.25, 0.3) is 0 Å². The van der Waals surface area contributed by atoms with E-state index in [0.717, 1.165) is 6.07 Å². The number of carbonyl (C=O) groups is 2. The van der Waals surface area contributed by atoms with Gasteiger partial charge in [-0.3, -0.25) is 19.7 Å². The van der Waals surface area contributed by atoms with Crippen LogP contribution in [0, 0.1) is 16.0 Å². The Labute approximate surface area is 126 Å². The van der Waals surface area contributed by atoms with E-state index in [1.165, 1.54) is 19.2 Å². The number of ether oxygens (including phenoxy) is 1. The largest absolute Gasteiger partial charge is 0.469 e. The molecule has 1 aromatic rings. The van der Waals surface area contributed by atoms with Crippen LogP contribution in [0.2, 0.25) is 0 Å². The molecule has 0 bridgehead atoms. The second kappa shape index (κ2) is 6.42. The van der Waals surface area contributed by atoms with Gasteiger partial charge in [0.25, 0.3) is 5.69 Å². The van der Waals surface area contributed by atoms with Gasteiger partial charge in [-0.2, -0.15) is 0 Å². The minimum Gasteiger partial charge on any atom is -0.469 e. The molecule has 0 aliphatic heterocycles. The highest BCUT2D eigenvalue weighted by Gasteiger charge is 2.31. The molecule has 0 heterocycles. The third kappa shape index (κ3) is 3.33. The van der Waals surface area contributed by atoms with Crippen LogP contribution >= 0.6 is 0 Å². The van der Waals surface area contributed by atoms with Gasteiger partial charge in [0.05, 0.1) is 18.0 Å². The summed E-state index contributed by atoms with van der Waals surface area (Å²) in [4.78, 5) is 33.2. The maximum atomic E-state index is 11.5. The molecular weight excluding hydrogens is 290 g/mol. The molecule has 1 fully saturated rings. The van der Waals surface area contributed by atoms with Crippen LogP contribution in [0.1, 0.15) is 29.6 Å². The summed E-state index contributed by atoms with van der Waals surface area (Å²) in [5.41, 5.74) is 5.31. The Balaban J connectivity index is 2.15. The van der Waals surface area contributed by atoms with Gasteiger partial charge in [-0.05, 0) is 31.4 Å². The van der Waals surface area contributed by atoms with Crippen molar-refractivity contribution in [3.8, 4) is 0 Å². The molecule has 1 aromatic carbocycles. The Bertz CT molecular complexity index is 616. The second-order valence-corrected chi connectivity index (χ2v) is 5.23. The molecule has 1 aliphatic rings. The van der Waals surface area contributed by atoms with Crippen LogP contribution in [0.4, 0.5) is 11.4 Å². The molecule has 8 nitrogen and oxygen atoms in total. The number of amides is 1. The highest BCUT2D eigenvalue weighted by Crippen LogP contribution is 2.32. The first-order chi connectivity index (χ1) is 10.4. The molecule has 3 N–H and O–H groups in total. The molecule has 0 radical (unpaired) electrons. The molecule has 0 saturated heterocycles. The molecule has 0 unspecified atom stereocenters. The quantitative estimate of drug-likeness (QED) is 0.482. The van der Waals surface area contributed by atoms with Gasteiger partial charge >= 0.3 is 5.97 Å². The number of nitro groups is 1. The molecule has 2 rings (SSSR count). The molecule has 0 aromatic heterocycles. The average Bonchev–Trinajstić information content (AvgIpc) is 2.94. The van der Waals surface area contributed by atoms with E-state index in [-0.39, 0.29) is 29.2 Å². The van der Waals surface area contributed by atoms with E-state index in [4.69, 9.17) is 10.5 Å². The van der Waals surface area contributed by atoms with Crippen molar-refractivity contribution in [3.63, 3.8) is 0 Å². The summed E-state index contributed by atoms with van der Waals surface area (Å²) in [7, 11) is 1.34. The van der Waals surface area contributed by atoms with E-state index in [0.29, 0.717) is 24.9 Å². The van der Waals surface area contributed by atoms with Gasteiger partial charge in [0.15, 0.2) is 0 Å². The lowest BCUT2D eigenvalue weighted by Crippen LogP contribution is -2.19. The summed E-state index contributed by atoms with van der Waals surface area (Å²) < 4.78 is 4.71. The molecule has 22 heavy (non-hydrogen) atoms. The number of nitrogens with one attached hydrogen (secondary N) is 1. The van der Waals surface area contributed by atoms with Gasteiger partial charge in [-0.15, -0.1) is 0 Å². The Kier molecular flexibility index (Phi) is 4.59. The van der Waals surface area contributed by atoms with Crippen LogP contribution in [0.3, 0.4) is 0 Å². The summed E-state index contributed by atoms with van der Waals surface area (Å²) in [6, 6.07) is 3.99. The van der Waals surface area contributed by atoms with Crippen LogP contribution in [-0.4, -0.2) is 30.0 Å². The van der Waals surface area contributed by atoms with Crippen molar-refractivity contribution in [1.29, 1.82) is 0 Å². The molecule has 1 aliphatic carbocycles. The van der Waals surface area contributed by atoms with Crippen molar-refractivity contribution in [2.45, 2.75) is 25.3 Å². The highest BCUT2D eigenvalue weighted by atomic mass is 16.6. The fourth-order valence-corrected chi connectivity index (χ4v) is 2.67.